The van der Waals surface area contributed by atoms with Gasteiger partial charge in [0.25, 0.3) is 0 Å². The maximum absolute atomic E-state index is 13.1. The third-order valence-electron chi connectivity index (χ3n) is 4.28. The Morgan fingerprint density at radius 2 is 1.87 bits per heavy atom. The minimum atomic E-state index is -0.669. The molecule has 1 aliphatic heterocycles. The van der Waals surface area contributed by atoms with E-state index in [1.807, 2.05) is 0 Å². The average Bonchev–Trinajstić information content (AvgIpc) is 2.73. The predicted octanol–water partition coefficient (Wildman–Crippen LogP) is 3.59. The summed E-state index contributed by atoms with van der Waals surface area (Å²) >= 11 is 1.16. The van der Waals surface area contributed by atoms with E-state index < -0.39 is 11.2 Å². The lowest BCUT2D eigenvalue weighted by atomic mass is 10.2. The molecule has 0 unspecified atom stereocenters. The van der Waals surface area contributed by atoms with E-state index in [4.69, 9.17) is 4.74 Å². The predicted molar refractivity (Wildman–Crippen MR) is 113 cm³/mol. The van der Waals surface area contributed by atoms with Gasteiger partial charge < -0.3 is 10.1 Å². The number of thioether (sulfide) groups is 1. The molecule has 1 aliphatic rings. The summed E-state index contributed by atoms with van der Waals surface area (Å²) in [7, 11) is 1.58. The fraction of sp³-hybridized carbons (Fsp3) is 0.238. The third-order valence-corrected chi connectivity index (χ3v) is 5.52. The van der Waals surface area contributed by atoms with E-state index in [0.717, 1.165) is 11.8 Å². The first-order chi connectivity index (χ1) is 14.4. The van der Waals surface area contributed by atoms with Crippen LogP contribution in [-0.2, 0) is 14.3 Å². The Bertz CT molecular complexity index is 977. The average molecular weight is 429 g/mol. The van der Waals surface area contributed by atoms with Crippen LogP contribution >= 0.6 is 11.8 Å². The number of anilines is 1. The SMILES string of the molecule is CCOC(=O)c1ccc(NC(=O)[C@@H]2CC(=O)N(C)C(=Nc3ccc(F)cc3)S2)cc1. The van der Waals surface area contributed by atoms with E-state index in [1.54, 1.807) is 38.2 Å². The first kappa shape index (κ1) is 21.5. The first-order valence-corrected chi connectivity index (χ1v) is 10.1. The number of ether oxygens (including phenoxy) is 1. The van der Waals surface area contributed by atoms with Crippen LogP contribution in [0, 0.1) is 5.82 Å². The van der Waals surface area contributed by atoms with Gasteiger partial charge in [0.1, 0.15) is 11.1 Å². The highest BCUT2D eigenvalue weighted by atomic mass is 32.2. The van der Waals surface area contributed by atoms with Crippen molar-refractivity contribution in [3.8, 4) is 0 Å². The third kappa shape index (κ3) is 5.24. The highest BCUT2D eigenvalue weighted by Gasteiger charge is 2.34. The molecule has 1 heterocycles. The van der Waals surface area contributed by atoms with Crippen LogP contribution in [0.1, 0.15) is 23.7 Å². The van der Waals surface area contributed by atoms with Crippen molar-refractivity contribution < 1.29 is 23.5 Å². The van der Waals surface area contributed by atoms with Crippen molar-refractivity contribution in [1.82, 2.24) is 4.90 Å². The Hall–Kier alpha value is -3.20. The minimum Gasteiger partial charge on any atom is -0.462 e. The van der Waals surface area contributed by atoms with Gasteiger partial charge in [-0.15, -0.1) is 0 Å². The van der Waals surface area contributed by atoms with Crippen LogP contribution < -0.4 is 5.32 Å². The number of hydrogen-bond acceptors (Lipinski definition) is 6. The van der Waals surface area contributed by atoms with Crippen LogP contribution in [0.15, 0.2) is 53.5 Å². The second-order valence-corrected chi connectivity index (χ2v) is 7.59. The summed E-state index contributed by atoms with van der Waals surface area (Å²) in [6.07, 6.45) is 0.0242. The second kappa shape index (κ2) is 9.53. The Morgan fingerprint density at radius 3 is 2.50 bits per heavy atom. The van der Waals surface area contributed by atoms with Crippen molar-refractivity contribution >= 4 is 46.1 Å². The molecule has 3 rings (SSSR count). The van der Waals surface area contributed by atoms with Gasteiger partial charge in [-0.05, 0) is 55.5 Å². The van der Waals surface area contributed by atoms with Crippen molar-refractivity contribution in [2.75, 3.05) is 19.0 Å². The van der Waals surface area contributed by atoms with Crippen LogP contribution in [0.3, 0.4) is 0 Å². The lowest BCUT2D eigenvalue weighted by molar-refractivity contribution is -0.128. The van der Waals surface area contributed by atoms with Crippen molar-refractivity contribution in [2.45, 2.75) is 18.6 Å². The number of carbonyl (C=O) groups is 3. The van der Waals surface area contributed by atoms with Crippen molar-refractivity contribution in [1.29, 1.82) is 0 Å². The number of nitrogens with one attached hydrogen (secondary N) is 1. The number of carbonyl (C=O) groups excluding carboxylic acids is 3. The molecular formula is C21H20FN3O4S. The molecule has 156 valence electrons. The lowest BCUT2D eigenvalue weighted by Crippen LogP contribution is -2.43. The molecule has 1 atom stereocenters. The molecule has 0 aromatic heterocycles. The van der Waals surface area contributed by atoms with Crippen molar-refractivity contribution in [2.24, 2.45) is 4.99 Å². The van der Waals surface area contributed by atoms with Crippen LogP contribution in [-0.4, -0.2) is 46.8 Å². The Balaban J connectivity index is 1.70. The number of nitrogens with zero attached hydrogens (tertiary/aromatic N) is 2. The number of benzene rings is 2. The van der Waals surface area contributed by atoms with Crippen LogP contribution in [0.2, 0.25) is 0 Å². The summed E-state index contributed by atoms with van der Waals surface area (Å²) in [5.41, 5.74) is 1.36. The molecule has 2 aromatic rings. The van der Waals surface area contributed by atoms with Crippen LogP contribution in [0.25, 0.3) is 0 Å². The fourth-order valence-corrected chi connectivity index (χ4v) is 3.72. The van der Waals surface area contributed by atoms with E-state index in [1.165, 1.54) is 29.2 Å². The smallest absolute Gasteiger partial charge is 0.338 e. The number of amidine groups is 1. The molecule has 30 heavy (non-hydrogen) atoms. The highest BCUT2D eigenvalue weighted by Crippen LogP contribution is 2.29. The molecule has 9 heteroatoms. The van der Waals surface area contributed by atoms with Crippen LogP contribution in [0.4, 0.5) is 15.8 Å². The number of rotatable bonds is 5. The Morgan fingerprint density at radius 1 is 1.20 bits per heavy atom. The standard InChI is InChI=1S/C21H20FN3O4S/c1-3-29-20(28)13-4-8-15(9-5-13)23-19(27)17-12-18(26)25(2)21(30-17)24-16-10-6-14(22)7-11-16/h4-11,17H,3,12H2,1-2H3,(H,23,27)/t17-/m0/s1. The van der Waals surface area contributed by atoms with Crippen LogP contribution in [0.5, 0.6) is 0 Å². The van der Waals surface area contributed by atoms with Gasteiger partial charge >= 0.3 is 5.97 Å². The highest BCUT2D eigenvalue weighted by molar-refractivity contribution is 8.15. The molecule has 1 saturated heterocycles. The number of halogens is 1. The summed E-state index contributed by atoms with van der Waals surface area (Å²) in [6, 6.07) is 11.9. The number of hydrogen-bond donors (Lipinski definition) is 1. The maximum Gasteiger partial charge on any atom is 0.338 e. The molecular weight excluding hydrogens is 409 g/mol. The number of aliphatic imine (C=N–C) groups is 1. The zero-order valence-corrected chi connectivity index (χ0v) is 17.2. The van der Waals surface area contributed by atoms with E-state index in [-0.39, 0.29) is 30.7 Å². The zero-order valence-electron chi connectivity index (χ0n) is 16.4. The van der Waals surface area contributed by atoms with E-state index in [2.05, 4.69) is 10.3 Å². The van der Waals surface area contributed by atoms with Crippen molar-refractivity contribution in [3.63, 3.8) is 0 Å². The van der Waals surface area contributed by atoms with Gasteiger partial charge in [-0.2, -0.15) is 0 Å². The lowest BCUT2D eigenvalue weighted by Gasteiger charge is -2.28. The summed E-state index contributed by atoms with van der Waals surface area (Å²) in [6.45, 7) is 2.00. The minimum absolute atomic E-state index is 0.0242. The molecule has 2 amide bonds. The fourth-order valence-electron chi connectivity index (χ4n) is 2.65. The van der Waals surface area contributed by atoms with Gasteiger partial charge in [0, 0.05) is 19.2 Å². The maximum atomic E-state index is 13.1. The van der Waals surface area contributed by atoms with Gasteiger partial charge in [-0.25, -0.2) is 14.2 Å². The van der Waals surface area contributed by atoms with Gasteiger partial charge in [-0.3, -0.25) is 14.5 Å². The molecule has 7 nitrogen and oxygen atoms in total. The number of amides is 2. The van der Waals surface area contributed by atoms with Crippen molar-refractivity contribution in [3.05, 3.63) is 59.9 Å². The normalized spacial score (nSPS) is 17.7. The molecule has 0 spiro atoms. The molecule has 1 fully saturated rings. The second-order valence-electron chi connectivity index (χ2n) is 6.42. The first-order valence-electron chi connectivity index (χ1n) is 9.23. The quantitative estimate of drug-likeness (QED) is 0.734. The van der Waals surface area contributed by atoms with E-state index in [9.17, 15) is 18.8 Å². The summed E-state index contributed by atoms with van der Waals surface area (Å²) in [5, 5.41) is 2.44. The number of esters is 1. The van der Waals surface area contributed by atoms with Gasteiger partial charge in [0.05, 0.1) is 17.9 Å². The monoisotopic (exact) mass is 429 g/mol. The molecule has 1 N–H and O–H groups in total. The summed E-state index contributed by atoms with van der Waals surface area (Å²) in [4.78, 5) is 42.5. The van der Waals surface area contributed by atoms with E-state index >= 15 is 0 Å². The largest absolute Gasteiger partial charge is 0.462 e. The van der Waals surface area contributed by atoms with Gasteiger partial charge in [0.2, 0.25) is 11.8 Å². The Labute approximate surface area is 177 Å². The zero-order chi connectivity index (χ0) is 21.7. The molecule has 0 radical (unpaired) electrons. The van der Waals surface area contributed by atoms with Gasteiger partial charge in [-0.1, -0.05) is 11.8 Å². The molecule has 0 saturated carbocycles. The van der Waals surface area contributed by atoms with Gasteiger partial charge in [0.15, 0.2) is 5.17 Å². The molecule has 0 bridgehead atoms. The van der Waals surface area contributed by atoms with E-state index in [0.29, 0.717) is 22.1 Å². The summed E-state index contributed by atoms with van der Waals surface area (Å²) < 4.78 is 18.0. The molecule has 0 aliphatic carbocycles. The summed E-state index contributed by atoms with van der Waals surface area (Å²) in [5.74, 6) is -1.41. The molecule has 2 aromatic carbocycles. The Kier molecular flexibility index (Phi) is 6.83. The topological polar surface area (TPSA) is 88.1 Å².